The van der Waals surface area contributed by atoms with E-state index in [0.717, 1.165) is 30.8 Å². The Morgan fingerprint density at radius 2 is 1.81 bits per heavy atom. The Labute approximate surface area is 189 Å². The van der Waals surface area contributed by atoms with Crippen molar-refractivity contribution in [1.29, 1.82) is 0 Å². The molecule has 0 spiro atoms. The van der Waals surface area contributed by atoms with Gasteiger partial charge in [-0.05, 0) is 65.7 Å². The molecule has 2 aromatic carbocycles. The number of hydrogen-bond acceptors (Lipinski definition) is 6. The van der Waals surface area contributed by atoms with E-state index in [1.165, 1.54) is 29.2 Å². The Morgan fingerprint density at radius 1 is 1.03 bits per heavy atom. The minimum atomic E-state index is -0.556. The Kier molecular flexibility index (Phi) is 5.55. The van der Waals surface area contributed by atoms with Crippen LogP contribution in [0.15, 0.2) is 54.7 Å². The maximum absolute atomic E-state index is 14.0. The van der Waals surface area contributed by atoms with Gasteiger partial charge in [0.2, 0.25) is 0 Å². The minimum absolute atomic E-state index is 0.0719. The largest absolute Gasteiger partial charge is 0.383 e. The number of nitrogens with zero attached hydrogens (tertiary/aromatic N) is 6. The molecule has 1 aliphatic heterocycles. The summed E-state index contributed by atoms with van der Waals surface area (Å²) < 4.78 is 15.3. The quantitative estimate of drug-likeness (QED) is 0.487. The van der Waals surface area contributed by atoms with Crippen LogP contribution in [0.25, 0.3) is 28.2 Å². The number of anilines is 1. The monoisotopic (exact) mass is 449 g/mol. The molecule has 0 atom stereocenters. The van der Waals surface area contributed by atoms with Crippen molar-refractivity contribution >= 4 is 17.4 Å². The summed E-state index contributed by atoms with van der Waals surface area (Å²) in [4.78, 5) is 6.81. The molecule has 162 valence electrons. The van der Waals surface area contributed by atoms with Crippen molar-refractivity contribution in [3.63, 3.8) is 0 Å². The van der Waals surface area contributed by atoms with Gasteiger partial charge < -0.3 is 5.73 Å². The molecule has 1 aliphatic rings. The van der Waals surface area contributed by atoms with Gasteiger partial charge in [-0.25, -0.2) is 9.37 Å². The second-order valence-corrected chi connectivity index (χ2v) is 8.20. The van der Waals surface area contributed by atoms with Crippen molar-refractivity contribution in [3.8, 4) is 28.2 Å². The molecule has 4 aromatic rings. The zero-order chi connectivity index (χ0) is 22.1. The van der Waals surface area contributed by atoms with Gasteiger partial charge in [0.25, 0.3) is 0 Å². The maximum atomic E-state index is 14.0. The Morgan fingerprint density at radius 3 is 2.59 bits per heavy atom. The van der Waals surface area contributed by atoms with Crippen LogP contribution < -0.4 is 5.73 Å². The van der Waals surface area contributed by atoms with Crippen LogP contribution in [0.4, 0.5) is 10.2 Å². The number of tetrazole rings is 1. The molecule has 7 nitrogen and oxygen atoms in total. The van der Waals surface area contributed by atoms with Crippen molar-refractivity contribution in [2.24, 2.45) is 0 Å². The molecule has 2 aromatic heterocycles. The fourth-order valence-corrected chi connectivity index (χ4v) is 4.19. The summed E-state index contributed by atoms with van der Waals surface area (Å²) >= 11 is 6.14. The molecule has 0 saturated carbocycles. The van der Waals surface area contributed by atoms with Crippen molar-refractivity contribution in [1.82, 2.24) is 30.1 Å². The molecule has 2 N–H and O–H groups in total. The lowest BCUT2D eigenvalue weighted by Gasteiger charge is -2.15. The van der Waals surface area contributed by atoms with Crippen molar-refractivity contribution in [3.05, 3.63) is 71.1 Å². The summed E-state index contributed by atoms with van der Waals surface area (Å²) in [7, 11) is 0. The van der Waals surface area contributed by atoms with Crippen LogP contribution in [0.1, 0.15) is 18.4 Å². The summed E-state index contributed by atoms with van der Waals surface area (Å²) in [5, 5.41) is 11.8. The van der Waals surface area contributed by atoms with Gasteiger partial charge in [-0.1, -0.05) is 41.9 Å². The summed E-state index contributed by atoms with van der Waals surface area (Å²) in [5.41, 5.74) is 10.2. The molecule has 3 heterocycles. The summed E-state index contributed by atoms with van der Waals surface area (Å²) in [6.07, 6.45) is 4.27. The highest BCUT2D eigenvalue weighted by atomic mass is 35.5. The van der Waals surface area contributed by atoms with Gasteiger partial charge in [0.15, 0.2) is 5.82 Å². The molecular weight excluding hydrogens is 429 g/mol. The normalized spacial score (nSPS) is 14.2. The molecule has 9 heteroatoms. The van der Waals surface area contributed by atoms with Crippen LogP contribution in [0.5, 0.6) is 0 Å². The van der Waals surface area contributed by atoms with E-state index in [1.807, 2.05) is 6.07 Å². The number of pyridine rings is 1. The van der Waals surface area contributed by atoms with Gasteiger partial charge in [-0.2, -0.15) is 4.68 Å². The topological polar surface area (TPSA) is 85.8 Å². The highest BCUT2D eigenvalue weighted by molar-refractivity contribution is 6.32. The number of benzene rings is 2. The first kappa shape index (κ1) is 20.5. The third-order valence-electron chi connectivity index (χ3n) is 5.68. The van der Waals surface area contributed by atoms with Gasteiger partial charge in [-0.15, -0.1) is 5.10 Å². The van der Waals surface area contributed by atoms with E-state index in [0.29, 0.717) is 17.1 Å². The van der Waals surface area contributed by atoms with Crippen LogP contribution in [-0.2, 0) is 6.54 Å². The lowest BCUT2D eigenvalue weighted by molar-refractivity contribution is 0.331. The third-order valence-corrected chi connectivity index (χ3v) is 6.05. The van der Waals surface area contributed by atoms with Gasteiger partial charge >= 0.3 is 0 Å². The van der Waals surface area contributed by atoms with Crippen LogP contribution in [0, 0.1) is 5.82 Å². The molecule has 0 radical (unpaired) electrons. The average Bonchev–Trinajstić information content (AvgIpc) is 3.49. The van der Waals surface area contributed by atoms with E-state index in [9.17, 15) is 4.39 Å². The summed E-state index contributed by atoms with van der Waals surface area (Å²) in [5.74, 6) is 0.0393. The van der Waals surface area contributed by atoms with Crippen molar-refractivity contribution in [2.45, 2.75) is 19.4 Å². The predicted octanol–water partition coefficient (Wildman–Crippen LogP) is 4.36. The van der Waals surface area contributed by atoms with E-state index in [4.69, 9.17) is 17.3 Å². The summed E-state index contributed by atoms with van der Waals surface area (Å²) in [6, 6.07) is 14.8. The molecule has 0 bridgehead atoms. The molecule has 5 rings (SSSR count). The van der Waals surface area contributed by atoms with Crippen molar-refractivity contribution in [2.75, 3.05) is 18.8 Å². The molecule has 1 fully saturated rings. The second-order valence-electron chi connectivity index (χ2n) is 7.82. The molecule has 1 saturated heterocycles. The molecule has 32 heavy (non-hydrogen) atoms. The Balaban J connectivity index is 1.48. The van der Waals surface area contributed by atoms with Crippen molar-refractivity contribution < 1.29 is 4.39 Å². The highest BCUT2D eigenvalue weighted by Crippen LogP contribution is 2.31. The van der Waals surface area contributed by atoms with Crippen LogP contribution in [0.2, 0.25) is 5.02 Å². The third kappa shape index (κ3) is 3.94. The number of nitrogens with two attached hydrogens (primary N) is 1. The van der Waals surface area contributed by atoms with Gasteiger partial charge in [0.05, 0.1) is 11.3 Å². The second kappa shape index (κ2) is 8.64. The van der Waals surface area contributed by atoms with E-state index in [2.05, 4.69) is 49.7 Å². The Hall–Kier alpha value is -3.36. The highest BCUT2D eigenvalue weighted by Gasteiger charge is 2.19. The van der Waals surface area contributed by atoms with Crippen LogP contribution in [-0.4, -0.2) is 43.2 Å². The Bertz CT molecular complexity index is 1250. The SMILES string of the molecule is Nc1ncc(-c2ccc(CN3CCCC3)cc2)cc1-c1nnnn1-c1cccc(F)c1Cl. The number of aromatic nitrogens is 5. The number of halogens is 2. The van der Waals surface area contributed by atoms with E-state index < -0.39 is 5.82 Å². The van der Waals surface area contributed by atoms with Gasteiger partial charge in [-0.3, -0.25) is 4.90 Å². The molecule has 0 unspecified atom stereocenters. The summed E-state index contributed by atoms with van der Waals surface area (Å²) in [6.45, 7) is 3.29. The predicted molar refractivity (Wildman–Crippen MR) is 122 cm³/mol. The fraction of sp³-hybridized carbons (Fsp3) is 0.217. The number of likely N-dealkylation sites (tertiary alicyclic amines) is 1. The fourth-order valence-electron chi connectivity index (χ4n) is 3.99. The number of hydrogen-bond donors (Lipinski definition) is 1. The first-order chi connectivity index (χ1) is 15.6. The lowest BCUT2D eigenvalue weighted by Crippen LogP contribution is -2.18. The van der Waals surface area contributed by atoms with E-state index in [-0.39, 0.29) is 10.8 Å². The van der Waals surface area contributed by atoms with Crippen LogP contribution in [0.3, 0.4) is 0 Å². The first-order valence-corrected chi connectivity index (χ1v) is 10.8. The van der Waals surface area contributed by atoms with Gasteiger partial charge in [0, 0.05) is 18.3 Å². The molecule has 0 aliphatic carbocycles. The zero-order valence-electron chi connectivity index (χ0n) is 17.2. The standard InChI is InChI=1S/C23H21ClFN7/c24-21-19(25)4-3-5-20(21)32-23(28-29-30-32)18-12-17(13-27-22(18)26)16-8-6-15(7-9-16)14-31-10-1-2-11-31/h3-9,12-13H,1-2,10-11,14H2,(H2,26,27). The first-order valence-electron chi connectivity index (χ1n) is 10.4. The molecular formula is C23H21ClFN7. The molecule has 0 amide bonds. The minimum Gasteiger partial charge on any atom is -0.383 e. The van der Waals surface area contributed by atoms with E-state index >= 15 is 0 Å². The smallest absolute Gasteiger partial charge is 0.190 e. The maximum Gasteiger partial charge on any atom is 0.190 e. The zero-order valence-corrected chi connectivity index (χ0v) is 18.0. The number of nitrogen functional groups attached to an aromatic ring is 1. The lowest BCUT2D eigenvalue weighted by atomic mass is 10.0. The average molecular weight is 450 g/mol. The van der Waals surface area contributed by atoms with Crippen LogP contribution >= 0.6 is 11.6 Å². The van der Waals surface area contributed by atoms with E-state index in [1.54, 1.807) is 18.3 Å². The number of rotatable bonds is 5. The van der Waals surface area contributed by atoms with Gasteiger partial charge in [0.1, 0.15) is 16.7 Å².